The van der Waals surface area contributed by atoms with Crippen molar-refractivity contribution in [2.24, 2.45) is 0 Å². The predicted molar refractivity (Wildman–Crippen MR) is 101 cm³/mol. The van der Waals surface area contributed by atoms with Crippen LogP contribution in [0.4, 0.5) is 17.3 Å². The molecule has 0 atom stereocenters. The topological polar surface area (TPSA) is 21.7 Å². The van der Waals surface area contributed by atoms with E-state index in [9.17, 15) is 17.3 Å². The largest absolute Gasteiger partial charge is 0.673 e. The van der Waals surface area contributed by atoms with Crippen molar-refractivity contribution in [3.05, 3.63) is 97.2 Å². The molecule has 0 spiro atoms. The highest BCUT2D eigenvalue weighted by Crippen LogP contribution is 2.16. The van der Waals surface area contributed by atoms with Gasteiger partial charge in [0.2, 0.25) is 5.69 Å². The van der Waals surface area contributed by atoms with Gasteiger partial charge in [0, 0.05) is 5.56 Å². The molecular weight excluding hydrogens is 369 g/mol. The highest BCUT2D eigenvalue weighted by Gasteiger charge is 2.21. The van der Waals surface area contributed by atoms with Crippen molar-refractivity contribution in [3.63, 3.8) is 0 Å². The number of rotatable bonds is 3. The SMILES string of the molecule is F[B-](F)(F)F.c1ccc(-c2c[n+](-c3ccccc3)n(-c3ccccc3)n2)cc1. The second-order valence-corrected chi connectivity index (χ2v) is 5.78. The normalized spacial score (nSPS) is 10.9. The molecule has 0 aliphatic carbocycles. The first-order valence-electron chi connectivity index (χ1n) is 8.47. The van der Waals surface area contributed by atoms with E-state index in [1.165, 1.54) is 0 Å². The van der Waals surface area contributed by atoms with Crippen LogP contribution in [-0.4, -0.2) is 17.1 Å². The standard InChI is InChI=1S/C20H16N3.BF4/c1-4-10-17(11-5-1)20-16-22(18-12-6-2-7-13-18)23(21-20)19-14-8-3-9-15-19;2-1(3,4)5/h1-16H;/q+1;-1. The first-order valence-corrected chi connectivity index (χ1v) is 8.47. The molecule has 28 heavy (non-hydrogen) atoms. The van der Waals surface area contributed by atoms with Gasteiger partial charge in [-0.2, -0.15) is 0 Å². The van der Waals surface area contributed by atoms with Gasteiger partial charge in [0.1, 0.15) is 5.69 Å². The molecule has 1 aromatic heterocycles. The lowest BCUT2D eigenvalue weighted by Gasteiger charge is -2.01. The van der Waals surface area contributed by atoms with E-state index in [-0.39, 0.29) is 0 Å². The van der Waals surface area contributed by atoms with Crippen molar-refractivity contribution < 1.29 is 21.9 Å². The molecule has 142 valence electrons. The van der Waals surface area contributed by atoms with Gasteiger partial charge in [-0.15, -0.1) is 4.68 Å². The number of para-hydroxylation sites is 2. The van der Waals surface area contributed by atoms with Gasteiger partial charge in [0.05, 0.1) is 5.10 Å². The molecule has 0 aliphatic rings. The monoisotopic (exact) mass is 385 g/mol. The van der Waals surface area contributed by atoms with E-state index in [0.29, 0.717) is 0 Å². The van der Waals surface area contributed by atoms with Gasteiger partial charge in [-0.25, -0.2) is 0 Å². The second kappa shape index (κ2) is 8.52. The zero-order chi connectivity index (χ0) is 20.0. The van der Waals surface area contributed by atoms with Crippen molar-refractivity contribution in [1.29, 1.82) is 0 Å². The van der Waals surface area contributed by atoms with Crippen LogP contribution in [0.3, 0.4) is 0 Å². The second-order valence-electron chi connectivity index (χ2n) is 5.78. The molecule has 8 heteroatoms. The van der Waals surface area contributed by atoms with Gasteiger partial charge in [0.15, 0.2) is 11.9 Å². The van der Waals surface area contributed by atoms with Crippen LogP contribution in [0, 0.1) is 0 Å². The molecule has 3 aromatic carbocycles. The number of hydrogen-bond acceptors (Lipinski definition) is 1. The van der Waals surface area contributed by atoms with E-state index in [0.717, 1.165) is 22.6 Å². The Balaban J connectivity index is 0.000000403. The van der Waals surface area contributed by atoms with Crippen molar-refractivity contribution in [2.75, 3.05) is 0 Å². The minimum atomic E-state index is -6.00. The summed E-state index contributed by atoms with van der Waals surface area (Å²) in [7, 11) is -6.00. The molecule has 0 N–H and O–H groups in total. The lowest BCUT2D eigenvalue weighted by Crippen LogP contribution is -2.39. The van der Waals surface area contributed by atoms with Crippen molar-refractivity contribution in [2.45, 2.75) is 0 Å². The molecule has 0 unspecified atom stereocenters. The molecule has 0 bridgehead atoms. The number of nitrogens with zero attached hydrogens (tertiary/aromatic N) is 3. The number of hydrogen-bond donors (Lipinski definition) is 0. The Morgan fingerprint density at radius 2 is 1.14 bits per heavy atom. The molecule has 4 rings (SSSR count). The summed E-state index contributed by atoms with van der Waals surface area (Å²) in [5.74, 6) is 0. The highest BCUT2D eigenvalue weighted by molar-refractivity contribution is 6.50. The van der Waals surface area contributed by atoms with Gasteiger partial charge in [-0.3, -0.25) is 0 Å². The van der Waals surface area contributed by atoms with E-state index in [2.05, 4.69) is 47.3 Å². The quantitative estimate of drug-likeness (QED) is 0.273. The van der Waals surface area contributed by atoms with E-state index in [1.807, 2.05) is 59.4 Å². The molecule has 0 fully saturated rings. The molecule has 0 radical (unpaired) electrons. The summed E-state index contributed by atoms with van der Waals surface area (Å²) in [4.78, 5) is 1.93. The molecule has 0 saturated heterocycles. The Kier molecular flexibility index (Phi) is 5.89. The Morgan fingerprint density at radius 1 is 0.679 bits per heavy atom. The average molecular weight is 385 g/mol. The molecule has 0 saturated carbocycles. The minimum Gasteiger partial charge on any atom is -0.418 e. The van der Waals surface area contributed by atoms with E-state index in [4.69, 9.17) is 5.10 Å². The van der Waals surface area contributed by atoms with Gasteiger partial charge >= 0.3 is 7.25 Å². The van der Waals surface area contributed by atoms with Crippen LogP contribution in [0.2, 0.25) is 0 Å². The molecule has 3 nitrogen and oxygen atoms in total. The van der Waals surface area contributed by atoms with E-state index >= 15 is 0 Å². The Labute approximate surface area is 159 Å². The van der Waals surface area contributed by atoms with E-state index < -0.39 is 7.25 Å². The van der Waals surface area contributed by atoms with Crippen molar-refractivity contribution in [3.8, 4) is 22.6 Å². The van der Waals surface area contributed by atoms with Gasteiger partial charge < -0.3 is 17.3 Å². The summed E-state index contributed by atoms with van der Waals surface area (Å²) in [6, 6.07) is 30.6. The average Bonchev–Trinajstić information content (AvgIpc) is 3.14. The van der Waals surface area contributed by atoms with Crippen LogP contribution in [0.1, 0.15) is 0 Å². The van der Waals surface area contributed by atoms with Gasteiger partial charge in [0.25, 0.3) is 0 Å². The predicted octanol–water partition coefficient (Wildman–Crippen LogP) is 5.12. The summed E-state index contributed by atoms with van der Waals surface area (Å²) < 4.78 is 41.1. The van der Waals surface area contributed by atoms with Crippen molar-refractivity contribution >= 4 is 7.25 Å². The Bertz CT molecular complexity index is 941. The molecule has 0 aliphatic heterocycles. The molecular formula is C20H16BF4N3. The summed E-state index contributed by atoms with van der Waals surface area (Å²) in [6.45, 7) is 0. The van der Waals surface area contributed by atoms with Crippen molar-refractivity contribution in [1.82, 2.24) is 9.90 Å². The zero-order valence-electron chi connectivity index (χ0n) is 14.7. The Morgan fingerprint density at radius 3 is 1.68 bits per heavy atom. The maximum Gasteiger partial charge on any atom is 0.673 e. The summed E-state index contributed by atoms with van der Waals surface area (Å²) in [5, 5.41) is 4.81. The highest BCUT2D eigenvalue weighted by atomic mass is 19.5. The molecule has 4 aromatic rings. The zero-order valence-corrected chi connectivity index (χ0v) is 14.7. The van der Waals surface area contributed by atoms with E-state index in [1.54, 1.807) is 0 Å². The maximum absolute atomic E-state index is 9.75. The fourth-order valence-corrected chi connectivity index (χ4v) is 2.60. The summed E-state index contributed by atoms with van der Waals surface area (Å²) >= 11 is 0. The van der Waals surface area contributed by atoms with Crippen LogP contribution >= 0.6 is 0 Å². The van der Waals surface area contributed by atoms with Crippen LogP contribution in [0.15, 0.2) is 97.2 Å². The summed E-state index contributed by atoms with van der Waals surface area (Å²) in [5.41, 5.74) is 4.15. The number of benzene rings is 3. The van der Waals surface area contributed by atoms with Crippen LogP contribution < -0.4 is 4.68 Å². The van der Waals surface area contributed by atoms with Crippen LogP contribution in [0.5, 0.6) is 0 Å². The van der Waals surface area contributed by atoms with Gasteiger partial charge in [-0.05, 0) is 29.1 Å². The lowest BCUT2D eigenvalue weighted by molar-refractivity contribution is -0.679. The smallest absolute Gasteiger partial charge is 0.418 e. The minimum absolute atomic E-state index is 0.943. The fourth-order valence-electron chi connectivity index (χ4n) is 2.60. The van der Waals surface area contributed by atoms with Crippen LogP contribution in [-0.2, 0) is 0 Å². The Hall–Kier alpha value is -3.42. The first-order chi connectivity index (χ1) is 13.4. The summed E-state index contributed by atoms with van der Waals surface area (Å²) in [6.07, 6.45) is 2.07. The fraction of sp³-hybridized carbons (Fsp3) is 0. The lowest BCUT2D eigenvalue weighted by atomic mass is 10.2. The number of aromatic nitrogens is 3. The third kappa shape index (κ3) is 5.29. The molecule has 0 amide bonds. The maximum atomic E-state index is 9.75. The van der Waals surface area contributed by atoms with Gasteiger partial charge in [-0.1, -0.05) is 66.7 Å². The number of halogens is 4. The third-order valence-corrected chi connectivity index (χ3v) is 3.73. The first kappa shape index (κ1) is 19.3. The molecule has 1 heterocycles. The van der Waals surface area contributed by atoms with Crippen LogP contribution in [0.25, 0.3) is 22.6 Å². The third-order valence-electron chi connectivity index (χ3n) is 3.73.